The normalized spacial score (nSPS) is 26.6. The number of hydrogen-bond donors (Lipinski definition) is 1. The Labute approximate surface area is 149 Å². The van der Waals surface area contributed by atoms with Crippen LogP contribution in [0.15, 0.2) is 24.4 Å². The van der Waals surface area contributed by atoms with Gasteiger partial charge < -0.3 is 14.4 Å². The highest BCUT2D eigenvalue weighted by atomic mass is 32.2. The van der Waals surface area contributed by atoms with E-state index in [1.807, 2.05) is 25.2 Å². The van der Waals surface area contributed by atoms with E-state index in [0.717, 1.165) is 18.8 Å². The van der Waals surface area contributed by atoms with Crippen molar-refractivity contribution >= 4 is 10.2 Å². The maximum Gasteiger partial charge on any atom is 0.279 e. The number of rotatable bonds is 6. The highest BCUT2D eigenvalue weighted by Gasteiger charge is 2.33. The molecular formula is C16H26N4O4S. The first kappa shape index (κ1) is 18.7. The van der Waals surface area contributed by atoms with E-state index < -0.39 is 10.2 Å². The minimum absolute atomic E-state index is 0.290. The summed E-state index contributed by atoms with van der Waals surface area (Å²) >= 11 is 0. The zero-order chi connectivity index (χ0) is 17.7. The molecule has 0 unspecified atom stereocenters. The molecule has 1 aromatic rings. The predicted molar refractivity (Wildman–Crippen MR) is 93.2 cm³/mol. The van der Waals surface area contributed by atoms with Gasteiger partial charge in [-0.05, 0) is 25.6 Å². The third-order valence-electron chi connectivity index (χ3n) is 4.58. The summed E-state index contributed by atoms with van der Waals surface area (Å²) in [6, 6.07) is 5.34. The molecule has 0 amide bonds. The molecule has 1 aromatic heterocycles. The minimum atomic E-state index is -3.52. The van der Waals surface area contributed by atoms with Crippen molar-refractivity contribution in [1.82, 2.24) is 18.9 Å². The van der Waals surface area contributed by atoms with Crippen molar-refractivity contribution in [2.24, 2.45) is 0 Å². The first-order chi connectivity index (χ1) is 12.0. The summed E-state index contributed by atoms with van der Waals surface area (Å²) in [5.74, 6) is 0. The van der Waals surface area contributed by atoms with E-state index >= 15 is 0 Å². The molecule has 3 rings (SSSR count). The zero-order valence-corrected chi connectivity index (χ0v) is 15.3. The van der Waals surface area contributed by atoms with Crippen LogP contribution in [0, 0.1) is 0 Å². The molecule has 2 fully saturated rings. The SMILES string of the molecule is CN1CCN(S(=O)(=O)N[C@@H]2CCOC[C@H]2OCc2ccccn2)CC1. The highest BCUT2D eigenvalue weighted by Crippen LogP contribution is 2.16. The summed E-state index contributed by atoms with van der Waals surface area (Å²) in [7, 11) is -1.52. The quantitative estimate of drug-likeness (QED) is 0.749. The van der Waals surface area contributed by atoms with E-state index in [1.165, 1.54) is 4.31 Å². The van der Waals surface area contributed by atoms with Crippen LogP contribution in [0.4, 0.5) is 0 Å². The fourth-order valence-electron chi connectivity index (χ4n) is 2.98. The fraction of sp³-hybridized carbons (Fsp3) is 0.688. The van der Waals surface area contributed by atoms with Crippen molar-refractivity contribution in [1.29, 1.82) is 0 Å². The van der Waals surface area contributed by atoms with Gasteiger partial charge in [0.15, 0.2) is 0 Å². The third-order valence-corrected chi connectivity index (χ3v) is 6.22. The third kappa shape index (κ3) is 5.19. The Bertz CT molecular complexity index is 635. The average Bonchev–Trinajstić information content (AvgIpc) is 2.62. The first-order valence-electron chi connectivity index (χ1n) is 8.60. The molecule has 140 valence electrons. The number of piperazine rings is 1. The lowest BCUT2D eigenvalue weighted by Gasteiger charge is -2.36. The summed E-state index contributed by atoms with van der Waals surface area (Å²) in [5.41, 5.74) is 0.814. The Kier molecular flexibility index (Phi) is 6.37. The summed E-state index contributed by atoms with van der Waals surface area (Å²) in [4.78, 5) is 6.35. The van der Waals surface area contributed by atoms with Gasteiger partial charge in [0.05, 0.1) is 31.1 Å². The van der Waals surface area contributed by atoms with Gasteiger partial charge in [-0.25, -0.2) is 0 Å². The van der Waals surface area contributed by atoms with Crippen molar-refractivity contribution in [2.45, 2.75) is 25.2 Å². The number of hydrogen-bond acceptors (Lipinski definition) is 6. The number of likely N-dealkylation sites (N-methyl/N-ethyl adjacent to an activating group) is 1. The second kappa shape index (κ2) is 8.52. The van der Waals surface area contributed by atoms with Gasteiger partial charge in [-0.2, -0.15) is 17.4 Å². The van der Waals surface area contributed by atoms with Crippen LogP contribution in [-0.2, 0) is 26.3 Å². The van der Waals surface area contributed by atoms with Crippen LogP contribution < -0.4 is 4.72 Å². The van der Waals surface area contributed by atoms with Crippen LogP contribution >= 0.6 is 0 Å². The highest BCUT2D eigenvalue weighted by molar-refractivity contribution is 7.87. The molecular weight excluding hydrogens is 344 g/mol. The average molecular weight is 370 g/mol. The van der Waals surface area contributed by atoms with Crippen LogP contribution in [0.1, 0.15) is 12.1 Å². The second-order valence-electron chi connectivity index (χ2n) is 6.47. The van der Waals surface area contributed by atoms with Gasteiger partial charge >= 0.3 is 0 Å². The minimum Gasteiger partial charge on any atom is -0.379 e. The number of pyridine rings is 1. The molecule has 0 bridgehead atoms. The van der Waals surface area contributed by atoms with Gasteiger partial charge in [0.2, 0.25) is 0 Å². The van der Waals surface area contributed by atoms with E-state index in [4.69, 9.17) is 9.47 Å². The lowest BCUT2D eigenvalue weighted by Crippen LogP contribution is -2.56. The van der Waals surface area contributed by atoms with Crippen LogP contribution in [-0.4, -0.2) is 81.2 Å². The molecule has 3 heterocycles. The molecule has 0 aliphatic carbocycles. The molecule has 0 radical (unpaired) electrons. The van der Waals surface area contributed by atoms with Crippen LogP contribution in [0.3, 0.4) is 0 Å². The van der Waals surface area contributed by atoms with Gasteiger partial charge in [0.1, 0.15) is 0 Å². The molecule has 8 nitrogen and oxygen atoms in total. The van der Waals surface area contributed by atoms with E-state index in [2.05, 4.69) is 14.6 Å². The molecule has 2 atom stereocenters. The fourth-order valence-corrected chi connectivity index (χ4v) is 4.43. The van der Waals surface area contributed by atoms with Gasteiger partial charge in [0.25, 0.3) is 10.2 Å². The number of ether oxygens (including phenoxy) is 2. The summed E-state index contributed by atoms with van der Waals surface area (Å²) < 4.78 is 41.0. The largest absolute Gasteiger partial charge is 0.379 e. The van der Waals surface area contributed by atoms with Crippen LogP contribution in [0.2, 0.25) is 0 Å². The van der Waals surface area contributed by atoms with Crippen molar-refractivity contribution in [3.8, 4) is 0 Å². The van der Waals surface area contributed by atoms with Crippen molar-refractivity contribution in [3.63, 3.8) is 0 Å². The van der Waals surface area contributed by atoms with Crippen molar-refractivity contribution in [3.05, 3.63) is 30.1 Å². The van der Waals surface area contributed by atoms with Gasteiger partial charge in [-0.15, -0.1) is 0 Å². The van der Waals surface area contributed by atoms with Crippen molar-refractivity contribution in [2.75, 3.05) is 46.4 Å². The van der Waals surface area contributed by atoms with E-state index in [9.17, 15) is 8.42 Å². The van der Waals surface area contributed by atoms with E-state index in [-0.39, 0.29) is 12.1 Å². The van der Waals surface area contributed by atoms with Crippen LogP contribution in [0.5, 0.6) is 0 Å². The lowest BCUT2D eigenvalue weighted by molar-refractivity contribution is -0.0721. The summed E-state index contributed by atoms with van der Waals surface area (Å²) in [6.07, 6.45) is 1.99. The van der Waals surface area contributed by atoms with Crippen LogP contribution in [0.25, 0.3) is 0 Å². The topological polar surface area (TPSA) is 84.0 Å². The molecule has 9 heteroatoms. The Morgan fingerprint density at radius 3 is 2.84 bits per heavy atom. The number of aromatic nitrogens is 1. The Hall–Kier alpha value is -1.10. The van der Waals surface area contributed by atoms with E-state index in [0.29, 0.717) is 39.3 Å². The molecule has 0 saturated carbocycles. The number of nitrogens with zero attached hydrogens (tertiary/aromatic N) is 3. The van der Waals surface area contributed by atoms with Gasteiger partial charge in [0, 0.05) is 39.0 Å². The molecule has 0 aromatic carbocycles. The Morgan fingerprint density at radius 2 is 2.12 bits per heavy atom. The van der Waals surface area contributed by atoms with E-state index in [1.54, 1.807) is 6.20 Å². The first-order valence-corrected chi connectivity index (χ1v) is 10.0. The van der Waals surface area contributed by atoms with Gasteiger partial charge in [-0.3, -0.25) is 4.98 Å². The molecule has 2 aliphatic heterocycles. The summed E-state index contributed by atoms with van der Waals surface area (Å²) in [6.45, 7) is 3.75. The molecule has 2 saturated heterocycles. The van der Waals surface area contributed by atoms with Gasteiger partial charge in [-0.1, -0.05) is 6.07 Å². The molecule has 0 spiro atoms. The summed E-state index contributed by atoms with van der Waals surface area (Å²) in [5, 5.41) is 0. The lowest BCUT2D eigenvalue weighted by atomic mass is 10.1. The maximum atomic E-state index is 12.7. The molecule has 1 N–H and O–H groups in total. The van der Waals surface area contributed by atoms with Crippen molar-refractivity contribution < 1.29 is 17.9 Å². The maximum absolute atomic E-state index is 12.7. The Balaban J connectivity index is 1.58. The predicted octanol–water partition coefficient (Wildman–Crippen LogP) is -0.162. The zero-order valence-electron chi connectivity index (χ0n) is 14.5. The molecule has 2 aliphatic rings. The Morgan fingerprint density at radius 1 is 1.32 bits per heavy atom. The smallest absolute Gasteiger partial charge is 0.279 e. The second-order valence-corrected chi connectivity index (χ2v) is 8.17. The standard InChI is InChI=1S/C16H26N4O4S/c1-19-7-9-20(10-8-19)25(21,22)18-15-5-11-23-13-16(15)24-12-14-4-2-3-6-17-14/h2-4,6,15-16,18H,5,7-13H2,1H3/t15-,16-/m1/s1. The monoisotopic (exact) mass is 370 g/mol. The number of nitrogens with one attached hydrogen (secondary N) is 1. The molecule has 25 heavy (non-hydrogen) atoms.